The first-order chi connectivity index (χ1) is 16.4. The van der Waals surface area contributed by atoms with Gasteiger partial charge in [-0.2, -0.15) is 0 Å². The van der Waals surface area contributed by atoms with E-state index < -0.39 is 0 Å². The molecule has 1 N–H and O–H groups in total. The highest BCUT2D eigenvalue weighted by molar-refractivity contribution is 6.30. The predicted molar refractivity (Wildman–Crippen MR) is 133 cm³/mol. The van der Waals surface area contributed by atoms with E-state index >= 15 is 0 Å². The van der Waals surface area contributed by atoms with Crippen LogP contribution in [-0.2, 0) is 14.3 Å². The Morgan fingerprint density at radius 2 is 2.00 bits per heavy atom. The quantitative estimate of drug-likeness (QED) is 0.502. The van der Waals surface area contributed by atoms with Crippen LogP contribution in [-0.4, -0.2) is 52.1 Å². The van der Waals surface area contributed by atoms with E-state index in [1.54, 1.807) is 21.6 Å². The number of ether oxygens (including phenoxy) is 1. The van der Waals surface area contributed by atoms with Crippen LogP contribution in [0.1, 0.15) is 26.7 Å². The second kappa shape index (κ2) is 10.8. The maximum Gasteiger partial charge on any atom is 0.246 e. The zero-order chi connectivity index (χ0) is 24.1. The highest BCUT2D eigenvalue weighted by Gasteiger charge is 2.26. The third-order valence-corrected chi connectivity index (χ3v) is 5.94. The van der Waals surface area contributed by atoms with Crippen molar-refractivity contribution in [1.82, 2.24) is 14.5 Å². The largest absolute Gasteiger partial charge is 0.376 e. The molecule has 3 aromatic rings. The molecule has 2 amide bonds. The zero-order valence-electron chi connectivity index (χ0n) is 19.4. The second-order valence-corrected chi connectivity index (χ2v) is 9.16. The van der Waals surface area contributed by atoms with E-state index in [9.17, 15) is 9.59 Å². The summed E-state index contributed by atoms with van der Waals surface area (Å²) >= 11 is 6.21. The molecule has 0 saturated carbocycles. The number of halogens is 1. The third kappa shape index (κ3) is 5.85. The normalized spacial score (nSPS) is 15.5. The van der Waals surface area contributed by atoms with Crippen molar-refractivity contribution in [2.75, 3.05) is 25.0 Å². The Hall–Kier alpha value is -3.16. The lowest BCUT2D eigenvalue weighted by Gasteiger charge is -2.26. The molecule has 1 fully saturated rings. The Bertz CT molecular complexity index is 1140. The van der Waals surface area contributed by atoms with Crippen LogP contribution in [0.5, 0.6) is 0 Å². The van der Waals surface area contributed by atoms with Crippen LogP contribution in [0.3, 0.4) is 0 Å². The fourth-order valence-electron chi connectivity index (χ4n) is 4.01. The molecule has 7 nitrogen and oxygen atoms in total. The number of anilines is 1. The van der Waals surface area contributed by atoms with Gasteiger partial charge in [-0.3, -0.25) is 19.5 Å². The second-order valence-electron chi connectivity index (χ2n) is 8.72. The first kappa shape index (κ1) is 24.0. The number of nitrogens with zero attached hydrogens (tertiary/aromatic N) is 3. The number of aromatic nitrogens is 2. The number of hydrogen-bond donors (Lipinski definition) is 1. The van der Waals surface area contributed by atoms with Crippen molar-refractivity contribution >= 4 is 29.4 Å². The van der Waals surface area contributed by atoms with E-state index in [2.05, 4.69) is 10.3 Å². The van der Waals surface area contributed by atoms with Crippen molar-refractivity contribution in [2.24, 2.45) is 5.92 Å². The van der Waals surface area contributed by atoms with Crippen LogP contribution in [0.4, 0.5) is 5.95 Å². The number of imidazole rings is 1. The van der Waals surface area contributed by atoms with Gasteiger partial charge in [0, 0.05) is 41.5 Å². The van der Waals surface area contributed by atoms with Gasteiger partial charge in [0.15, 0.2) is 0 Å². The van der Waals surface area contributed by atoms with E-state index in [4.69, 9.17) is 16.3 Å². The monoisotopic (exact) mass is 480 g/mol. The Morgan fingerprint density at radius 1 is 1.21 bits per heavy atom. The van der Waals surface area contributed by atoms with E-state index in [-0.39, 0.29) is 30.4 Å². The molecule has 8 heteroatoms. The Labute approximate surface area is 204 Å². The van der Waals surface area contributed by atoms with Gasteiger partial charge in [-0.1, -0.05) is 61.8 Å². The van der Waals surface area contributed by atoms with Crippen LogP contribution >= 0.6 is 11.6 Å². The summed E-state index contributed by atoms with van der Waals surface area (Å²) in [6, 6.07) is 17.1. The fraction of sp³-hybridized carbons (Fsp3) is 0.346. The number of hydrogen-bond acceptors (Lipinski definition) is 4. The van der Waals surface area contributed by atoms with Crippen molar-refractivity contribution in [3.63, 3.8) is 0 Å². The van der Waals surface area contributed by atoms with Gasteiger partial charge in [0.05, 0.1) is 11.8 Å². The smallest absolute Gasteiger partial charge is 0.246 e. The van der Waals surface area contributed by atoms with Gasteiger partial charge >= 0.3 is 0 Å². The average molecular weight is 481 g/mol. The van der Waals surface area contributed by atoms with E-state index in [1.165, 1.54) is 0 Å². The highest BCUT2D eigenvalue weighted by atomic mass is 35.5. The molecular weight excluding hydrogens is 452 g/mol. The topological polar surface area (TPSA) is 76.5 Å². The number of benzene rings is 2. The van der Waals surface area contributed by atoms with Crippen LogP contribution in [0.15, 0.2) is 60.8 Å². The van der Waals surface area contributed by atoms with Gasteiger partial charge in [0.1, 0.15) is 6.54 Å². The zero-order valence-corrected chi connectivity index (χ0v) is 20.2. The lowest BCUT2D eigenvalue weighted by molar-refractivity contribution is -0.139. The maximum absolute atomic E-state index is 13.1. The van der Waals surface area contributed by atoms with Crippen LogP contribution in [0.2, 0.25) is 5.02 Å². The number of nitrogens with one attached hydrogen (secondary N) is 1. The molecule has 0 bridgehead atoms. The van der Waals surface area contributed by atoms with E-state index in [0.29, 0.717) is 29.8 Å². The maximum atomic E-state index is 13.1. The summed E-state index contributed by atoms with van der Waals surface area (Å²) in [5, 5.41) is 3.48. The van der Waals surface area contributed by atoms with E-state index in [1.807, 2.05) is 62.5 Å². The standard InChI is InChI=1S/C26H29ClN4O3/c1-18(2)25(33)30(15-22-12-7-13-34-22)17-24(32)29-26-28-23(19-8-4-3-5-9-19)16-31(26)21-11-6-10-20(27)14-21/h3-6,8-11,14,16,18,22H,7,12-13,15,17H2,1-2H3,(H,28,29,32)/t22-/m1/s1. The molecule has 1 atom stereocenters. The summed E-state index contributed by atoms with van der Waals surface area (Å²) in [4.78, 5) is 32.1. The molecular formula is C26H29ClN4O3. The summed E-state index contributed by atoms with van der Waals surface area (Å²) in [6.45, 7) is 4.70. The summed E-state index contributed by atoms with van der Waals surface area (Å²) in [5.41, 5.74) is 2.41. The van der Waals surface area contributed by atoms with Crippen LogP contribution < -0.4 is 5.32 Å². The van der Waals surface area contributed by atoms with Gasteiger partial charge in [-0.05, 0) is 31.0 Å². The van der Waals surface area contributed by atoms with Gasteiger partial charge in [0.2, 0.25) is 17.8 Å². The van der Waals surface area contributed by atoms with Gasteiger partial charge in [0.25, 0.3) is 0 Å². The minimum absolute atomic E-state index is 0.0337. The SMILES string of the molecule is CC(C)C(=O)N(CC(=O)Nc1nc(-c2ccccc2)cn1-c1cccc(Cl)c1)C[C@H]1CCCO1. The molecule has 1 aromatic heterocycles. The highest BCUT2D eigenvalue weighted by Crippen LogP contribution is 2.25. The van der Waals surface area contributed by atoms with Gasteiger partial charge in [-0.15, -0.1) is 0 Å². The average Bonchev–Trinajstić information content (AvgIpc) is 3.49. The fourth-order valence-corrected chi connectivity index (χ4v) is 4.19. The minimum atomic E-state index is -0.319. The van der Waals surface area contributed by atoms with Gasteiger partial charge < -0.3 is 9.64 Å². The Balaban J connectivity index is 1.59. The molecule has 34 heavy (non-hydrogen) atoms. The van der Waals surface area contributed by atoms with Crippen molar-refractivity contribution in [3.8, 4) is 16.9 Å². The van der Waals surface area contributed by atoms with Crippen molar-refractivity contribution < 1.29 is 14.3 Å². The first-order valence-corrected chi connectivity index (χ1v) is 11.9. The minimum Gasteiger partial charge on any atom is -0.376 e. The predicted octanol–water partition coefficient (Wildman–Crippen LogP) is 4.79. The van der Waals surface area contributed by atoms with Crippen LogP contribution in [0, 0.1) is 5.92 Å². The number of carbonyl (C=O) groups excluding carboxylic acids is 2. The molecule has 0 radical (unpaired) electrons. The Morgan fingerprint density at radius 3 is 2.68 bits per heavy atom. The summed E-state index contributed by atoms with van der Waals surface area (Å²) in [5.74, 6) is -0.248. The molecule has 4 rings (SSSR count). The van der Waals surface area contributed by atoms with Crippen molar-refractivity contribution in [1.29, 1.82) is 0 Å². The first-order valence-electron chi connectivity index (χ1n) is 11.5. The number of carbonyl (C=O) groups is 2. The van der Waals surface area contributed by atoms with Crippen molar-refractivity contribution in [2.45, 2.75) is 32.8 Å². The summed E-state index contributed by atoms with van der Waals surface area (Å²) < 4.78 is 7.49. The molecule has 1 aliphatic rings. The Kier molecular flexibility index (Phi) is 7.65. The molecule has 0 aliphatic carbocycles. The molecule has 178 valence electrons. The lowest BCUT2D eigenvalue weighted by Crippen LogP contribution is -2.44. The summed E-state index contributed by atoms with van der Waals surface area (Å²) in [6.07, 6.45) is 3.69. The summed E-state index contributed by atoms with van der Waals surface area (Å²) in [7, 11) is 0. The van der Waals surface area contributed by atoms with E-state index in [0.717, 1.165) is 24.1 Å². The number of rotatable bonds is 8. The molecule has 0 spiro atoms. The third-order valence-electron chi connectivity index (χ3n) is 5.70. The van der Waals surface area contributed by atoms with Crippen LogP contribution in [0.25, 0.3) is 16.9 Å². The van der Waals surface area contributed by atoms with Crippen molar-refractivity contribution in [3.05, 3.63) is 65.8 Å². The molecule has 2 heterocycles. The molecule has 1 saturated heterocycles. The number of amides is 2. The molecule has 1 aliphatic heterocycles. The van der Waals surface area contributed by atoms with Gasteiger partial charge in [-0.25, -0.2) is 4.98 Å². The molecule has 0 unspecified atom stereocenters. The lowest BCUT2D eigenvalue weighted by atomic mass is 10.1. The molecule has 2 aromatic carbocycles.